The largest absolute Gasteiger partial charge is 0.497 e. The molecule has 0 atom stereocenters. The third-order valence-electron chi connectivity index (χ3n) is 6.75. The van der Waals surface area contributed by atoms with Crippen LogP contribution in [0, 0.1) is 6.92 Å². The lowest BCUT2D eigenvalue weighted by Crippen LogP contribution is -2.47. The number of ether oxygens (including phenoxy) is 3. The van der Waals surface area contributed by atoms with E-state index < -0.39 is 0 Å². The van der Waals surface area contributed by atoms with E-state index in [2.05, 4.69) is 24.0 Å². The fourth-order valence-electron chi connectivity index (χ4n) is 4.54. The number of carbonyl (C=O) groups is 2. The molecule has 1 saturated heterocycles. The van der Waals surface area contributed by atoms with Gasteiger partial charge >= 0.3 is 0 Å². The molecule has 0 spiro atoms. The van der Waals surface area contributed by atoms with Crippen LogP contribution < -0.4 is 9.47 Å². The average Bonchev–Trinajstić information content (AvgIpc) is 3.39. The van der Waals surface area contributed by atoms with Crippen LogP contribution in [0.1, 0.15) is 25.7 Å². The molecule has 2 heterocycles. The second kappa shape index (κ2) is 14.1. The fourth-order valence-corrected chi connectivity index (χ4v) is 5.45. The minimum Gasteiger partial charge on any atom is -0.497 e. The number of rotatable bonds is 12. The third kappa shape index (κ3) is 8.05. The first kappa shape index (κ1) is 28.6. The lowest BCUT2D eigenvalue weighted by atomic mass is 10.1. The summed E-state index contributed by atoms with van der Waals surface area (Å²) in [6.45, 7) is 7.01. The van der Waals surface area contributed by atoms with Gasteiger partial charge in [0.25, 0.3) is 5.91 Å². The Kier molecular flexibility index (Phi) is 10.4. The first-order chi connectivity index (χ1) is 19.0. The summed E-state index contributed by atoms with van der Waals surface area (Å²) in [7, 11) is 3.10. The number of aryl methyl sites for hydroxylation is 1. The Balaban J connectivity index is 1.57. The smallest absolute Gasteiger partial charge is 0.258 e. The molecule has 2 aromatic carbocycles. The molecule has 1 aliphatic rings. The summed E-state index contributed by atoms with van der Waals surface area (Å²) >= 11 is 1.68. The second-order valence-electron chi connectivity index (χ2n) is 9.49. The van der Waals surface area contributed by atoms with Crippen LogP contribution in [-0.2, 0) is 22.6 Å². The first-order valence-electron chi connectivity index (χ1n) is 13.1. The SMILES string of the molecule is COc1ccc(C(=O)N(CCN2CCOCC2)CC(=O)N(Cc2ccccc2)Cc2ccc(C)s2)c(OC)c1. The van der Waals surface area contributed by atoms with Gasteiger partial charge in [0.05, 0.1) is 39.5 Å². The molecule has 0 saturated carbocycles. The number of morpholine rings is 1. The number of amides is 2. The van der Waals surface area contributed by atoms with Gasteiger partial charge in [-0.05, 0) is 36.8 Å². The van der Waals surface area contributed by atoms with Crippen LogP contribution in [0.4, 0.5) is 0 Å². The molecule has 1 fully saturated rings. The lowest BCUT2D eigenvalue weighted by molar-refractivity contribution is -0.133. The highest BCUT2D eigenvalue weighted by Gasteiger charge is 2.26. The third-order valence-corrected chi connectivity index (χ3v) is 7.74. The maximum absolute atomic E-state index is 13.9. The van der Waals surface area contributed by atoms with Crippen LogP contribution in [0.15, 0.2) is 60.7 Å². The zero-order valence-electron chi connectivity index (χ0n) is 22.9. The number of carbonyl (C=O) groups excluding carboxylic acids is 2. The van der Waals surface area contributed by atoms with Crippen molar-refractivity contribution in [1.29, 1.82) is 0 Å². The number of hydrogen-bond donors (Lipinski definition) is 0. The molecular weight excluding hydrogens is 514 g/mol. The molecule has 0 unspecified atom stereocenters. The molecule has 8 nitrogen and oxygen atoms in total. The van der Waals surface area contributed by atoms with Gasteiger partial charge in [-0.2, -0.15) is 0 Å². The van der Waals surface area contributed by atoms with E-state index in [1.54, 1.807) is 41.5 Å². The summed E-state index contributed by atoms with van der Waals surface area (Å²) in [6.07, 6.45) is 0. The standard InChI is InChI=1S/C30H37N3O5S/c1-23-9-11-26(39-23)21-33(20-24-7-5-4-6-8-24)29(34)22-32(14-13-31-15-17-38-18-16-31)30(35)27-12-10-25(36-2)19-28(27)37-3/h4-12,19H,13-18,20-22H2,1-3H3. The Bertz CT molecular complexity index is 1230. The Labute approximate surface area is 234 Å². The minimum absolute atomic E-state index is 0.0322. The molecule has 9 heteroatoms. The van der Waals surface area contributed by atoms with Gasteiger partial charge < -0.3 is 24.0 Å². The van der Waals surface area contributed by atoms with Gasteiger partial charge in [-0.1, -0.05) is 30.3 Å². The highest BCUT2D eigenvalue weighted by molar-refractivity contribution is 7.11. The second-order valence-corrected chi connectivity index (χ2v) is 10.9. The quantitative estimate of drug-likeness (QED) is 0.338. The molecule has 0 N–H and O–H groups in total. The maximum Gasteiger partial charge on any atom is 0.258 e. The van der Waals surface area contributed by atoms with Gasteiger partial charge in [0.1, 0.15) is 18.0 Å². The predicted octanol–water partition coefficient (Wildman–Crippen LogP) is 4.08. The monoisotopic (exact) mass is 551 g/mol. The van der Waals surface area contributed by atoms with Crippen molar-refractivity contribution < 1.29 is 23.8 Å². The lowest BCUT2D eigenvalue weighted by Gasteiger charge is -2.31. The van der Waals surface area contributed by atoms with Crippen LogP contribution in [0.5, 0.6) is 11.5 Å². The molecule has 2 amide bonds. The van der Waals surface area contributed by atoms with Gasteiger partial charge in [0.2, 0.25) is 5.91 Å². The van der Waals surface area contributed by atoms with Crippen molar-refractivity contribution in [3.63, 3.8) is 0 Å². The topological polar surface area (TPSA) is 71.6 Å². The molecule has 0 bridgehead atoms. The number of hydrogen-bond acceptors (Lipinski definition) is 7. The first-order valence-corrected chi connectivity index (χ1v) is 14.0. The van der Waals surface area contributed by atoms with Gasteiger partial charge in [0.15, 0.2) is 0 Å². The van der Waals surface area contributed by atoms with Crippen molar-refractivity contribution in [3.05, 3.63) is 81.5 Å². The summed E-state index contributed by atoms with van der Waals surface area (Å²) < 4.78 is 16.3. The number of nitrogens with zero attached hydrogens (tertiary/aromatic N) is 3. The van der Waals surface area contributed by atoms with Crippen molar-refractivity contribution in [2.45, 2.75) is 20.0 Å². The van der Waals surface area contributed by atoms with Gasteiger partial charge in [-0.15, -0.1) is 11.3 Å². The Morgan fingerprint density at radius 3 is 2.38 bits per heavy atom. The molecule has 0 aliphatic carbocycles. The fraction of sp³-hybridized carbons (Fsp3) is 0.400. The van der Waals surface area contributed by atoms with Crippen molar-refractivity contribution in [1.82, 2.24) is 14.7 Å². The maximum atomic E-state index is 13.9. The Morgan fingerprint density at radius 1 is 0.949 bits per heavy atom. The summed E-state index contributed by atoms with van der Waals surface area (Å²) in [5, 5.41) is 0. The highest BCUT2D eigenvalue weighted by atomic mass is 32.1. The molecular formula is C30H37N3O5S. The number of methoxy groups -OCH3 is 2. The zero-order valence-corrected chi connectivity index (χ0v) is 23.7. The molecule has 1 aromatic heterocycles. The Hall–Kier alpha value is -3.40. The van der Waals surface area contributed by atoms with Gasteiger partial charge in [-0.3, -0.25) is 14.5 Å². The van der Waals surface area contributed by atoms with Gasteiger partial charge in [-0.25, -0.2) is 0 Å². The van der Waals surface area contributed by atoms with E-state index in [0.717, 1.165) is 23.5 Å². The molecule has 4 rings (SSSR count). The van der Waals surface area contributed by atoms with E-state index in [1.807, 2.05) is 35.2 Å². The van der Waals surface area contributed by atoms with E-state index in [0.29, 0.717) is 56.5 Å². The average molecular weight is 552 g/mol. The predicted molar refractivity (Wildman–Crippen MR) is 152 cm³/mol. The van der Waals surface area contributed by atoms with E-state index in [4.69, 9.17) is 14.2 Å². The van der Waals surface area contributed by atoms with Crippen LogP contribution >= 0.6 is 11.3 Å². The molecule has 0 radical (unpaired) electrons. The van der Waals surface area contributed by atoms with Crippen LogP contribution in [0.3, 0.4) is 0 Å². The number of benzene rings is 2. The molecule has 3 aromatic rings. The summed E-state index contributed by atoms with van der Waals surface area (Å²) in [5.41, 5.74) is 1.44. The summed E-state index contributed by atoms with van der Waals surface area (Å²) in [4.78, 5) is 35.8. The van der Waals surface area contributed by atoms with E-state index >= 15 is 0 Å². The van der Waals surface area contributed by atoms with E-state index in [9.17, 15) is 9.59 Å². The highest BCUT2D eigenvalue weighted by Crippen LogP contribution is 2.26. The summed E-state index contributed by atoms with van der Waals surface area (Å²) in [6, 6.07) is 19.2. The van der Waals surface area contributed by atoms with Crippen LogP contribution in [0.2, 0.25) is 0 Å². The minimum atomic E-state index is -0.247. The van der Waals surface area contributed by atoms with Crippen molar-refractivity contribution in [2.24, 2.45) is 0 Å². The van der Waals surface area contributed by atoms with Crippen molar-refractivity contribution >= 4 is 23.2 Å². The molecule has 208 valence electrons. The van der Waals surface area contributed by atoms with Gasteiger partial charge in [0, 0.05) is 48.5 Å². The molecule has 39 heavy (non-hydrogen) atoms. The van der Waals surface area contributed by atoms with Crippen LogP contribution in [0.25, 0.3) is 0 Å². The normalized spacial score (nSPS) is 13.6. The molecule has 1 aliphatic heterocycles. The van der Waals surface area contributed by atoms with E-state index in [-0.39, 0.29) is 18.4 Å². The Morgan fingerprint density at radius 2 is 1.72 bits per heavy atom. The summed E-state index contributed by atoms with van der Waals surface area (Å²) in [5.74, 6) is 0.661. The van der Waals surface area contributed by atoms with Crippen LogP contribution in [-0.4, -0.2) is 86.7 Å². The zero-order chi connectivity index (χ0) is 27.6. The number of thiophene rings is 1. The van der Waals surface area contributed by atoms with Crippen molar-refractivity contribution in [2.75, 3.05) is 60.2 Å². The van der Waals surface area contributed by atoms with Crippen molar-refractivity contribution in [3.8, 4) is 11.5 Å². The van der Waals surface area contributed by atoms with E-state index in [1.165, 1.54) is 12.0 Å².